The number of ether oxygens (including phenoxy) is 3. The maximum Gasteiger partial charge on any atom is 0.223 e. The zero-order chi connectivity index (χ0) is 19.8. The molecule has 0 spiro atoms. The number of hydrazone groups is 1. The third-order valence-electron chi connectivity index (χ3n) is 5.29. The molecule has 0 radical (unpaired) electrons. The molecule has 3 heterocycles. The molecular formula is C23H22N2O3S. The highest BCUT2D eigenvalue weighted by Gasteiger charge is 2.42. The van der Waals surface area contributed by atoms with E-state index in [-0.39, 0.29) is 12.3 Å². The smallest absolute Gasteiger partial charge is 0.223 e. The summed E-state index contributed by atoms with van der Waals surface area (Å²) in [6.45, 7) is 2.59. The standard InChI is InChI=1S/C23H22N2O3S/c1-3-27-20-7-4-6-17-19-14-18(15-9-11-16(26-2)12-10-15)24-25(19)23(28-22(17)20)21-8-5-13-29-21/h4-13,19,23H,3,14H2,1-2H3. The van der Waals surface area contributed by atoms with E-state index in [0.29, 0.717) is 6.61 Å². The Bertz CT molecular complexity index is 1030. The molecular weight excluding hydrogens is 384 g/mol. The number of fused-ring (bicyclic) bond motifs is 3. The molecule has 5 nitrogen and oxygen atoms in total. The minimum Gasteiger partial charge on any atom is -0.497 e. The van der Waals surface area contributed by atoms with Crippen molar-refractivity contribution in [3.05, 3.63) is 76.0 Å². The van der Waals surface area contributed by atoms with Crippen LogP contribution in [-0.4, -0.2) is 24.4 Å². The fourth-order valence-electron chi connectivity index (χ4n) is 3.93. The molecule has 3 aromatic rings. The number of nitrogens with zero attached hydrogens (tertiary/aromatic N) is 2. The lowest BCUT2D eigenvalue weighted by molar-refractivity contribution is -0.0188. The largest absolute Gasteiger partial charge is 0.497 e. The summed E-state index contributed by atoms with van der Waals surface area (Å²) in [7, 11) is 1.68. The van der Waals surface area contributed by atoms with Crippen LogP contribution >= 0.6 is 11.3 Å². The molecule has 6 heteroatoms. The van der Waals surface area contributed by atoms with Gasteiger partial charge >= 0.3 is 0 Å². The minimum absolute atomic E-state index is 0.114. The zero-order valence-electron chi connectivity index (χ0n) is 16.4. The fraction of sp³-hybridized carbons (Fsp3) is 0.261. The number of rotatable bonds is 5. The molecule has 148 valence electrons. The Hall–Kier alpha value is -2.99. The number of benzene rings is 2. The van der Waals surface area contributed by atoms with Gasteiger partial charge in [-0.25, -0.2) is 5.01 Å². The summed E-state index contributed by atoms with van der Waals surface area (Å²) in [6, 6.07) is 18.5. The van der Waals surface area contributed by atoms with Crippen LogP contribution in [0.4, 0.5) is 0 Å². The van der Waals surface area contributed by atoms with Crippen molar-refractivity contribution in [3.8, 4) is 17.2 Å². The molecule has 0 N–H and O–H groups in total. The van der Waals surface area contributed by atoms with Crippen molar-refractivity contribution in [3.63, 3.8) is 0 Å². The molecule has 2 aromatic carbocycles. The predicted molar refractivity (Wildman–Crippen MR) is 114 cm³/mol. The van der Waals surface area contributed by atoms with Gasteiger partial charge in [0.1, 0.15) is 5.75 Å². The van der Waals surface area contributed by atoms with E-state index in [1.165, 1.54) is 0 Å². The van der Waals surface area contributed by atoms with Crippen LogP contribution in [0.15, 0.2) is 65.1 Å². The van der Waals surface area contributed by atoms with Crippen LogP contribution in [0.1, 0.15) is 41.6 Å². The molecule has 0 fully saturated rings. The van der Waals surface area contributed by atoms with Crippen molar-refractivity contribution >= 4 is 17.0 Å². The van der Waals surface area contributed by atoms with Crippen LogP contribution in [-0.2, 0) is 0 Å². The van der Waals surface area contributed by atoms with E-state index in [0.717, 1.165) is 45.4 Å². The van der Waals surface area contributed by atoms with Gasteiger partial charge in [0.15, 0.2) is 11.5 Å². The Balaban J connectivity index is 1.57. The molecule has 2 atom stereocenters. The zero-order valence-corrected chi connectivity index (χ0v) is 17.2. The van der Waals surface area contributed by atoms with Gasteiger partial charge in [-0.2, -0.15) is 5.10 Å². The summed E-state index contributed by atoms with van der Waals surface area (Å²) in [6.07, 6.45) is 0.560. The second-order valence-corrected chi connectivity index (χ2v) is 7.95. The molecule has 2 unspecified atom stereocenters. The van der Waals surface area contributed by atoms with E-state index >= 15 is 0 Å². The van der Waals surface area contributed by atoms with Crippen LogP contribution < -0.4 is 14.2 Å². The first kappa shape index (κ1) is 18.1. The maximum absolute atomic E-state index is 6.48. The molecule has 1 aromatic heterocycles. The topological polar surface area (TPSA) is 43.3 Å². The summed E-state index contributed by atoms with van der Waals surface area (Å²) < 4.78 is 17.6. The monoisotopic (exact) mass is 406 g/mol. The number of hydrogen-bond donors (Lipinski definition) is 0. The molecule has 2 aliphatic heterocycles. The Labute approximate surface area is 174 Å². The van der Waals surface area contributed by atoms with Crippen molar-refractivity contribution in [2.45, 2.75) is 25.6 Å². The normalized spacial score (nSPS) is 19.8. The SMILES string of the molecule is CCOc1cccc2c1OC(c1cccs1)N1N=C(c3ccc(OC)cc3)CC21. The fourth-order valence-corrected chi connectivity index (χ4v) is 4.67. The molecule has 0 amide bonds. The van der Waals surface area contributed by atoms with Gasteiger partial charge in [-0.15, -0.1) is 11.3 Å². The van der Waals surface area contributed by atoms with Gasteiger partial charge in [-0.3, -0.25) is 0 Å². The van der Waals surface area contributed by atoms with Crippen molar-refractivity contribution < 1.29 is 14.2 Å². The lowest BCUT2D eigenvalue weighted by atomic mass is 9.96. The second-order valence-electron chi connectivity index (χ2n) is 6.97. The second kappa shape index (κ2) is 7.44. The summed E-state index contributed by atoms with van der Waals surface area (Å²) in [5.41, 5.74) is 3.28. The van der Waals surface area contributed by atoms with E-state index in [1.807, 2.05) is 37.3 Å². The van der Waals surface area contributed by atoms with Gasteiger partial charge in [-0.05, 0) is 54.3 Å². The first-order valence-electron chi connectivity index (χ1n) is 9.74. The Morgan fingerprint density at radius 1 is 1.14 bits per heavy atom. The molecule has 0 aliphatic carbocycles. The molecule has 5 rings (SSSR count). The van der Waals surface area contributed by atoms with Gasteiger partial charge < -0.3 is 14.2 Å². The van der Waals surface area contributed by atoms with E-state index in [9.17, 15) is 0 Å². The Kier molecular flexibility index (Phi) is 4.64. The van der Waals surface area contributed by atoms with Crippen LogP contribution in [0.3, 0.4) is 0 Å². The van der Waals surface area contributed by atoms with Crippen LogP contribution in [0, 0.1) is 0 Å². The maximum atomic E-state index is 6.48. The van der Waals surface area contributed by atoms with Gasteiger partial charge in [0.05, 0.1) is 30.3 Å². The van der Waals surface area contributed by atoms with Crippen molar-refractivity contribution in [1.82, 2.24) is 5.01 Å². The molecule has 0 bridgehead atoms. The van der Waals surface area contributed by atoms with Crippen LogP contribution in [0.2, 0.25) is 0 Å². The van der Waals surface area contributed by atoms with Crippen LogP contribution in [0.5, 0.6) is 17.2 Å². The van der Waals surface area contributed by atoms with E-state index in [2.05, 4.69) is 34.7 Å². The van der Waals surface area contributed by atoms with Gasteiger partial charge in [-0.1, -0.05) is 18.2 Å². The van der Waals surface area contributed by atoms with Crippen molar-refractivity contribution in [1.29, 1.82) is 0 Å². The first-order valence-corrected chi connectivity index (χ1v) is 10.6. The highest BCUT2D eigenvalue weighted by molar-refractivity contribution is 7.10. The van der Waals surface area contributed by atoms with Crippen LogP contribution in [0.25, 0.3) is 0 Å². The first-order chi connectivity index (χ1) is 14.3. The van der Waals surface area contributed by atoms with E-state index < -0.39 is 0 Å². The number of methoxy groups -OCH3 is 1. The Morgan fingerprint density at radius 2 is 2.00 bits per heavy atom. The van der Waals surface area contributed by atoms with Gasteiger partial charge in [0, 0.05) is 12.0 Å². The van der Waals surface area contributed by atoms with Gasteiger partial charge in [0.25, 0.3) is 0 Å². The van der Waals surface area contributed by atoms with Crippen molar-refractivity contribution in [2.75, 3.05) is 13.7 Å². The minimum atomic E-state index is -0.259. The lowest BCUT2D eigenvalue weighted by Crippen LogP contribution is -2.33. The average molecular weight is 407 g/mol. The molecule has 0 saturated carbocycles. The van der Waals surface area contributed by atoms with E-state index in [4.69, 9.17) is 19.3 Å². The lowest BCUT2D eigenvalue weighted by Gasteiger charge is -2.38. The number of hydrogen-bond acceptors (Lipinski definition) is 6. The molecule has 2 aliphatic rings. The highest BCUT2D eigenvalue weighted by atomic mass is 32.1. The highest BCUT2D eigenvalue weighted by Crippen LogP contribution is 2.51. The van der Waals surface area contributed by atoms with E-state index in [1.54, 1.807) is 18.4 Å². The number of para-hydroxylation sites is 1. The third kappa shape index (κ3) is 3.13. The van der Waals surface area contributed by atoms with Crippen molar-refractivity contribution in [2.24, 2.45) is 5.10 Å². The molecule has 0 saturated heterocycles. The molecule has 29 heavy (non-hydrogen) atoms. The summed E-state index contributed by atoms with van der Waals surface area (Å²) >= 11 is 1.68. The number of thiophene rings is 1. The predicted octanol–water partition coefficient (Wildman–Crippen LogP) is 5.40. The summed E-state index contributed by atoms with van der Waals surface area (Å²) in [4.78, 5) is 1.13. The summed E-state index contributed by atoms with van der Waals surface area (Å²) in [5.74, 6) is 2.47. The average Bonchev–Trinajstić information content (AvgIpc) is 3.44. The quantitative estimate of drug-likeness (QED) is 0.569. The summed E-state index contributed by atoms with van der Waals surface area (Å²) in [5, 5.41) is 9.17. The third-order valence-corrected chi connectivity index (χ3v) is 6.19. The Morgan fingerprint density at radius 3 is 2.72 bits per heavy atom. The van der Waals surface area contributed by atoms with Gasteiger partial charge in [0.2, 0.25) is 6.23 Å².